The monoisotopic (exact) mass is 862 g/mol. The average Bonchev–Trinajstić information content (AvgIpc) is 3.92. The predicted molar refractivity (Wildman–Crippen MR) is 257 cm³/mol. The molecule has 0 bridgehead atoms. The molecule has 10 rings (SSSR count). The Morgan fingerprint density at radius 3 is 0.883 bits per heavy atom. The van der Waals surface area contributed by atoms with Gasteiger partial charge in [0.2, 0.25) is 0 Å². The standard InChI is InChI=1S/2C28H21.C2H6Si.Zr/c2*1-4-10-21(11-5-1)18-22-19-27-25(23-12-6-2-7-13-23)16-17-26(28(27)20-22)24-14-8-3-9-15-24;1-3-2;/h2*1-17,19-20H,18H2;1-2H3;/q2*-1;;+2. The van der Waals surface area contributed by atoms with E-state index in [-0.39, 0.29) is 26.2 Å². The maximum atomic E-state index is 2.37. The van der Waals surface area contributed by atoms with Crippen molar-refractivity contribution >= 4 is 31.1 Å². The van der Waals surface area contributed by atoms with Crippen LogP contribution in [0.5, 0.6) is 0 Å². The number of benzene rings is 8. The topological polar surface area (TPSA) is 0 Å². The van der Waals surface area contributed by atoms with Crippen LogP contribution in [-0.2, 0) is 39.0 Å². The number of hydrogen-bond acceptors (Lipinski definition) is 0. The summed E-state index contributed by atoms with van der Waals surface area (Å²) in [5.41, 5.74) is 15.7. The molecule has 0 aliphatic heterocycles. The van der Waals surface area contributed by atoms with E-state index < -0.39 is 0 Å². The molecule has 288 valence electrons. The first-order valence-corrected chi connectivity index (χ1v) is 22.5. The van der Waals surface area contributed by atoms with Crippen molar-refractivity contribution in [3.63, 3.8) is 0 Å². The van der Waals surface area contributed by atoms with Crippen LogP contribution in [-0.4, -0.2) is 9.52 Å². The van der Waals surface area contributed by atoms with Crippen molar-refractivity contribution in [3.8, 4) is 44.5 Å². The average molecular weight is 864 g/mol. The number of fused-ring (bicyclic) bond motifs is 2. The van der Waals surface area contributed by atoms with Gasteiger partial charge in [0.05, 0.1) is 0 Å². The zero-order chi connectivity index (χ0) is 40.2. The maximum absolute atomic E-state index is 2.37. The molecule has 0 N–H and O–H groups in total. The Morgan fingerprint density at radius 1 is 0.333 bits per heavy atom. The first-order valence-electron chi connectivity index (χ1n) is 20.5. The van der Waals surface area contributed by atoms with Crippen molar-refractivity contribution in [1.29, 1.82) is 0 Å². The molecule has 0 heterocycles. The summed E-state index contributed by atoms with van der Waals surface area (Å²) in [6.07, 6.45) is 1.91. The van der Waals surface area contributed by atoms with Gasteiger partial charge in [0.15, 0.2) is 0 Å². The predicted octanol–water partition coefficient (Wildman–Crippen LogP) is 15.8. The van der Waals surface area contributed by atoms with Gasteiger partial charge in [-0.3, -0.25) is 0 Å². The van der Waals surface area contributed by atoms with Crippen LogP contribution >= 0.6 is 0 Å². The van der Waals surface area contributed by atoms with Gasteiger partial charge in [0.1, 0.15) is 0 Å². The van der Waals surface area contributed by atoms with Crippen LogP contribution in [0, 0.1) is 0 Å². The van der Waals surface area contributed by atoms with E-state index in [4.69, 9.17) is 0 Å². The van der Waals surface area contributed by atoms with E-state index in [1.165, 1.54) is 88.3 Å². The van der Waals surface area contributed by atoms with Crippen LogP contribution in [0.25, 0.3) is 66.1 Å². The molecule has 0 saturated carbocycles. The van der Waals surface area contributed by atoms with Crippen LogP contribution in [0.3, 0.4) is 0 Å². The molecular weight excluding hydrogens is 816 g/mol. The summed E-state index contributed by atoms with van der Waals surface area (Å²) in [5, 5.41) is 5.33. The summed E-state index contributed by atoms with van der Waals surface area (Å²) < 4.78 is 0. The Hall–Kier alpha value is -5.92. The smallest absolute Gasteiger partial charge is 0.164 e. The van der Waals surface area contributed by atoms with Crippen LogP contribution in [0.4, 0.5) is 0 Å². The van der Waals surface area contributed by atoms with Crippen molar-refractivity contribution in [2.24, 2.45) is 0 Å². The third-order valence-electron chi connectivity index (χ3n) is 10.7. The fourth-order valence-electron chi connectivity index (χ4n) is 8.06. The second-order valence-electron chi connectivity index (χ2n) is 15.0. The molecule has 0 saturated heterocycles. The van der Waals surface area contributed by atoms with Gasteiger partial charge in [0.25, 0.3) is 0 Å². The molecule has 0 aliphatic carbocycles. The van der Waals surface area contributed by atoms with E-state index in [1.807, 2.05) is 0 Å². The first kappa shape index (κ1) is 42.2. The van der Waals surface area contributed by atoms with Gasteiger partial charge in [-0.25, -0.2) is 0 Å². The Bertz CT molecular complexity index is 2470. The van der Waals surface area contributed by atoms with E-state index in [0.29, 0.717) is 0 Å². The second-order valence-corrected chi connectivity index (χ2v) is 16.0. The minimum absolute atomic E-state index is 0. The Kier molecular flexibility index (Phi) is 14.7. The zero-order valence-corrected chi connectivity index (χ0v) is 37.8. The molecule has 60 heavy (non-hydrogen) atoms. The SMILES string of the molecule is C[Si]C.[Zr+2].c1ccc(Cc2cc3c(-c4ccccc4)ccc(-c4ccccc4)c3[cH-]2)cc1.c1ccc(Cc2cc3c(-c4ccccc4)ccc(-c4ccccc4)c3[cH-]2)cc1. The molecule has 0 aliphatic rings. The zero-order valence-electron chi connectivity index (χ0n) is 34.4. The molecule has 0 fully saturated rings. The molecule has 0 atom stereocenters. The third kappa shape index (κ3) is 10.1. The summed E-state index contributed by atoms with van der Waals surface area (Å²) in [5.74, 6) is 0. The molecule has 0 amide bonds. The van der Waals surface area contributed by atoms with Crippen molar-refractivity contribution in [2.45, 2.75) is 25.9 Å². The molecule has 10 aromatic carbocycles. The minimum atomic E-state index is 0. The van der Waals surface area contributed by atoms with E-state index in [0.717, 1.165) is 22.4 Å². The van der Waals surface area contributed by atoms with Crippen molar-refractivity contribution < 1.29 is 26.2 Å². The van der Waals surface area contributed by atoms with Gasteiger partial charge < -0.3 is 0 Å². The van der Waals surface area contributed by atoms with Crippen LogP contribution < -0.4 is 0 Å². The van der Waals surface area contributed by atoms with Gasteiger partial charge in [0, 0.05) is 9.52 Å². The molecule has 0 spiro atoms. The van der Waals surface area contributed by atoms with E-state index >= 15 is 0 Å². The number of rotatable bonds is 8. The van der Waals surface area contributed by atoms with E-state index in [9.17, 15) is 0 Å². The Morgan fingerprint density at radius 2 is 0.583 bits per heavy atom. The van der Waals surface area contributed by atoms with Crippen molar-refractivity contribution in [3.05, 3.63) is 253 Å². The maximum Gasteiger partial charge on any atom is 2.00 e. The molecule has 2 heteroatoms. The summed E-state index contributed by atoms with van der Waals surface area (Å²) in [7, 11) is 1.08. The van der Waals surface area contributed by atoms with Gasteiger partial charge in [-0.2, -0.15) is 12.1 Å². The molecule has 0 nitrogen and oxygen atoms in total. The second kappa shape index (κ2) is 20.9. The summed E-state index contributed by atoms with van der Waals surface area (Å²) in [4.78, 5) is 0. The van der Waals surface area contributed by atoms with Gasteiger partial charge in [-0.05, 0) is 35.1 Å². The van der Waals surface area contributed by atoms with Crippen molar-refractivity contribution in [2.75, 3.05) is 0 Å². The first-order chi connectivity index (χ1) is 29.2. The van der Waals surface area contributed by atoms with Crippen LogP contribution in [0.2, 0.25) is 13.1 Å². The Balaban J connectivity index is 0.000000168. The molecule has 0 aromatic heterocycles. The molecule has 2 radical (unpaired) electrons. The van der Waals surface area contributed by atoms with E-state index in [2.05, 4.69) is 244 Å². The van der Waals surface area contributed by atoms with Crippen LogP contribution in [0.1, 0.15) is 22.3 Å². The number of hydrogen-bond donors (Lipinski definition) is 0. The molecule has 0 unspecified atom stereocenters. The largest absolute Gasteiger partial charge is 2.00 e. The minimum Gasteiger partial charge on any atom is -0.164 e. The van der Waals surface area contributed by atoms with E-state index in [1.54, 1.807) is 0 Å². The molecule has 10 aromatic rings. The van der Waals surface area contributed by atoms with Gasteiger partial charge in [-0.15, -0.1) is 44.8 Å². The van der Waals surface area contributed by atoms with Gasteiger partial charge in [-0.1, -0.05) is 253 Å². The Labute approximate surface area is 377 Å². The van der Waals surface area contributed by atoms with Crippen LogP contribution in [0.15, 0.2) is 231 Å². The summed E-state index contributed by atoms with van der Waals surface area (Å²) in [6, 6.07) is 82.7. The quantitative estimate of drug-likeness (QED) is 0.105. The van der Waals surface area contributed by atoms with Crippen molar-refractivity contribution in [1.82, 2.24) is 0 Å². The summed E-state index contributed by atoms with van der Waals surface area (Å²) in [6.45, 7) is 4.31. The normalized spacial score (nSPS) is 10.6. The van der Waals surface area contributed by atoms with Gasteiger partial charge >= 0.3 is 26.2 Å². The summed E-state index contributed by atoms with van der Waals surface area (Å²) >= 11 is 0. The third-order valence-corrected chi connectivity index (χ3v) is 10.7. The molecular formula is C58H48SiZr. The fraction of sp³-hybridized carbons (Fsp3) is 0.0690. The fourth-order valence-corrected chi connectivity index (χ4v) is 8.06.